The van der Waals surface area contributed by atoms with Gasteiger partial charge in [0.15, 0.2) is 0 Å². The van der Waals surface area contributed by atoms with Crippen molar-refractivity contribution >= 4 is 22.3 Å². The molecule has 0 unspecified atom stereocenters. The summed E-state index contributed by atoms with van der Waals surface area (Å²) in [5.41, 5.74) is 14.3. The van der Waals surface area contributed by atoms with Gasteiger partial charge in [0.05, 0.1) is 0 Å². The van der Waals surface area contributed by atoms with Crippen LogP contribution in [0.5, 0.6) is 5.75 Å². The van der Waals surface area contributed by atoms with Crippen LogP contribution in [-0.2, 0) is 0 Å². The molecule has 0 amide bonds. The van der Waals surface area contributed by atoms with Gasteiger partial charge >= 0.3 is 0 Å². The van der Waals surface area contributed by atoms with E-state index >= 15 is 0 Å². The average molecular weight is 439 g/mol. The highest BCUT2D eigenvalue weighted by Crippen LogP contribution is 2.36. The zero-order valence-corrected chi connectivity index (χ0v) is 19.5. The minimum atomic E-state index is 0.283. The van der Waals surface area contributed by atoms with Gasteiger partial charge in [-0.1, -0.05) is 24.3 Å². The number of nitrogen functional groups attached to an aromatic ring is 1. The van der Waals surface area contributed by atoms with Crippen molar-refractivity contribution in [2.24, 2.45) is 0 Å². The maximum absolute atomic E-state index is 10.1. The standard InChI is InChI=1S/C28H30N4O/c1-18-13-22(14-19(2)27(18)32-11-9-31(3)10-12-32)23-16-25(28(29)30-17-23)21-7-8-24-20(15-21)5-4-6-26(24)33/h4-8,13-17,33H,9-12H2,1-3H3,(H2,29,30). The lowest BCUT2D eigenvalue weighted by Crippen LogP contribution is -2.45. The third kappa shape index (κ3) is 4.00. The lowest BCUT2D eigenvalue weighted by molar-refractivity contribution is 0.312. The van der Waals surface area contributed by atoms with Crippen molar-refractivity contribution in [1.82, 2.24) is 9.88 Å². The van der Waals surface area contributed by atoms with Crippen LogP contribution >= 0.6 is 0 Å². The van der Waals surface area contributed by atoms with E-state index in [1.165, 1.54) is 16.8 Å². The maximum atomic E-state index is 10.1. The SMILES string of the molecule is Cc1cc(-c2cnc(N)c(-c3ccc4c(O)cccc4c3)c2)cc(C)c1N1CCN(C)CC1. The number of nitrogens with zero attached hydrogens (tertiary/aromatic N) is 3. The summed E-state index contributed by atoms with van der Waals surface area (Å²) in [6.45, 7) is 8.70. The number of pyridine rings is 1. The Balaban J connectivity index is 1.53. The molecule has 0 atom stereocenters. The summed E-state index contributed by atoms with van der Waals surface area (Å²) < 4.78 is 0. The normalized spacial score (nSPS) is 14.7. The number of piperazine rings is 1. The number of likely N-dealkylation sites (N-methyl/N-ethyl adjacent to an activating group) is 1. The van der Waals surface area contributed by atoms with E-state index in [9.17, 15) is 5.11 Å². The molecule has 33 heavy (non-hydrogen) atoms. The van der Waals surface area contributed by atoms with Crippen molar-refractivity contribution in [1.29, 1.82) is 0 Å². The first kappa shape index (κ1) is 21.3. The van der Waals surface area contributed by atoms with Crippen LogP contribution in [0.25, 0.3) is 33.0 Å². The second-order valence-electron chi connectivity index (χ2n) is 9.12. The Hall–Kier alpha value is -3.57. The number of aromatic hydroxyl groups is 1. The minimum absolute atomic E-state index is 0.283. The van der Waals surface area contributed by atoms with Gasteiger partial charge in [-0.05, 0) is 78.9 Å². The van der Waals surface area contributed by atoms with Crippen LogP contribution in [0.3, 0.4) is 0 Å². The van der Waals surface area contributed by atoms with E-state index in [0.717, 1.165) is 59.2 Å². The highest BCUT2D eigenvalue weighted by atomic mass is 16.3. The lowest BCUT2D eigenvalue weighted by atomic mass is 9.95. The molecular formula is C28H30N4O. The molecule has 0 aliphatic carbocycles. The number of aryl methyl sites for hydroxylation is 2. The van der Waals surface area contributed by atoms with Gasteiger partial charge in [-0.2, -0.15) is 0 Å². The van der Waals surface area contributed by atoms with Gasteiger partial charge in [0.25, 0.3) is 0 Å². The van der Waals surface area contributed by atoms with Crippen LogP contribution in [0.15, 0.2) is 60.8 Å². The molecule has 1 aromatic heterocycles. The van der Waals surface area contributed by atoms with Gasteiger partial charge in [0.2, 0.25) is 0 Å². The van der Waals surface area contributed by atoms with Gasteiger partial charge in [-0.3, -0.25) is 0 Å². The molecule has 0 saturated carbocycles. The average Bonchev–Trinajstić information content (AvgIpc) is 2.80. The smallest absolute Gasteiger partial charge is 0.131 e. The fraction of sp³-hybridized carbons (Fsp3) is 0.250. The van der Waals surface area contributed by atoms with Gasteiger partial charge in [-0.25, -0.2) is 4.98 Å². The van der Waals surface area contributed by atoms with Crippen LogP contribution in [0.2, 0.25) is 0 Å². The van der Waals surface area contributed by atoms with Crippen molar-refractivity contribution in [3.63, 3.8) is 0 Å². The summed E-state index contributed by atoms with van der Waals surface area (Å²) in [4.78, 5) is 9.41. The third-order valence-corrected chi connectivity index (χ3v) is 6.73. The van der Waals surface area contributed by atoms with Gasteiger partial charge < -0.3 is 20.6 Å². The molecule has 2 heterocycles. The number of phenols is 1. The topological polar surface area (TPSA) is 65.6 Å². The predicted octanol–water partition coefficient (Wildman–Crippen LogP) is 5.23. The van der Waals surface area contributed by atoms with Crippen molar-refractivity contribution in [2.45, 2.75) is 13.8 Å². The molecule has 1 saturated heterocycles. The minimum Gasteiger partial charge on any atom is -0.507 e. The molecule has 1 aliphatic heterocycles. The van der Waals surface area contributed by atoms with Crippen molar-refractivity contribution in [3.8, 4) is 28.0 Å². The second kappa shape index (κ2) is 8.41. The van der Waals surface area contributed by atoms with Crippen molar-refractivity contribution in [2.75, 3.05) is 43.9 Å². The summed E-state index contributed by atoms with van der Waals surface area (Å²) in [7, 11) is 2.18. The first-order valence-electron chi connectivity index (χ1n) is 11.4. The van der Waals surface area contributed by atoms with E-state index in [1.54, 1.807) is 6.07 Å². The first-order chi connectivity index (χ1) is 15.9. The Morgan fingerprint density at radius 2 is 1.58 bits per heavy atom. The van der Waals surface area contributed by atoms with Crippen LogP contribution < -0.4 is 10.6 Å². The molecule has 3 aromatic carbocycles. The predicted molar refractivity (Wildman–Crippen MR) is 138 cm³/mol. The second-order valence-corrected chi connectivity index (χ2v) is 9.12. The third-order valence-electron chi connectivity index (χ3n) is 6.73. The Morgan fingerprint density at radius 1 is 0.848 bits per heavy atom. The molecular weight excluding hydrogens is 408 g/mol. The first-order valence-corrected chi connectivity index (χ1v) is 11.4. The summed E-state index contributed by atoms with van der Waals surface area (Å²) in [6.07, 6.45) is 1.86. The van der Waals surface area contributed by atoms with E-state index in [2.05, 4.69) is 59.9 Å². The maximum Gasteiger partial charge on any atom is 0.131 e. The van der Waals surface area contributed by atoms with Crippen LogP contribution in [-0.4, -0.2) is 48.2 Å². The number of anilines is 2. The monoisotopic (exact) mass is 438 g/mol. The van der Waals surface area contributed by atoms with Crippen molar-refractivity contribution < 1.29 is 5.11 Å². The Morgan fingerprint density at radius 3 is 2.30 bits per heavy atom. The Labute approximate surface area is 195 Å². The Bertz CT molecular complexity index is 1320. The molecule has 0 radical (unpaired) electrons. The largest absolute Gasteiger partial charge is 0.507 e. The number of hydrogen-bond acceptors (Lipinski definition) is 5. The molecule has 0 spiro atoms. The van der Waals surface area contributed by atoms with E-state index in [4.69, 9.17) is 5.73 Å². The molecule has 3 N–H and O–H groups in total. The number of aromatic nitrogens is 1. The number of fused-ring (bicyclic) bond motifs is 1. The summed E-state index contributed by atoms with van der Waals surface area (Å²) in [5.74, 6) is 0.783. The number of hydrogen-bond donors (Lipinski definition) is 2. The fourth-order valence-corrected chi connectivity index (χ4v) is 4.95. The van der Waals surface area contributed by atoms with E-state index in [0.29, 0.717) is 5.82 Å². The highest BCUT2D eigenvalue weighted by molar-refractivity contribution is 5.93. The Kier molecular flexibility index (Phi) is 5.43. The van der Waals surface area contributed by atoms with Gasteiger partial charge in [0, 0.05) is 54.6 Å². The van der Waals surface area contributed by atoms with E-state index in [-0.39, 0.29) is 5.75 Å². The van der Waals surface area contributed by atoms with E-state index < -0.39 is 0 Å². The molecule has 5 nitrogen and oxygen atoms in total. The molecule has 168 valence electrons. The fourth-order valence-electron chi connectivity index (χ4n) is 4.95. The highest BCUT2D eigenvalue weighted by Gasteiger charge is 2.19. The number of phenolic OH excluding ortho intramolecular Hbond substituents is 1. The number of benzene rings is 3. The van der Waals surface area contributed by atoms with Crippen molar-refractivity contribution in [3.05, 3.63) is 71.9 Å². The molecule has 5 heteroatoms. The van der Waals surface area contributed by atoms with Crippen LogP contribution in [0, 0.1) is 13.8 Å². The molecule has 0 bridgehead atoms. The molecule has 1 fully saturated rings. The zero-order valence-electron chi connectivity index (χ0n) is 19.5. The zero-order chi connectivity index (χ0) is 23.1. The number of rotatable bonds is 3. The lowest BCUT2D eigenvalue weighted by Gasteiger charge is -2.36. The quantitative estimate of drug-likeness (QED) is 0.459. The van der Waals surface area contributed by atoms with E-state index in [1.807, 2.05) is 30.5 Å². The summed E-state index contributed by atoms with van der Waals surface area (Å²) in [5, 5.41) is 11.9. The van der Waals surface area contributed by atoms with Gasteiger partial charge in [0.1, 0.15) is 11.6 Å². The number of nitrogens with two attached hydrogens (primary N) is 1. The molecule has 5 rings (SSSR count). The van der Waals surface area contributed by atoms with Crippen LogP contribution in [0.1, 0.15) is 11.1 Å². The summed E-state index contributed by atoms with van der Waals surface area (Å²) in [6, 6.07) is 18.2. The van der Waals surface area contributed by atoms with Gasteiger partial charge in [-0.15, -0.1) is 0 Å². The molecule has 1 aliphatic rings. The summed E-state index contributed by atoms with van der Waals surface area (Å²) >= 11 is 0. The van der Waals surface area contributed by atoms with Crippen LogP contribution in [0.4, 0.5) is 11.5 Å². The molecule has 4 aromatic rings.